The van der Waals surface area contributed by atoms with Gasteiger partial charge in [-0.25, -0.2) is 0 Å². The zero-order valence-electron chi connectivity index (χ0n) is 13.9. The summed E-state index contributed by atoms with van der Waals surface area (Å²) in [4.78, 5) is 17.0. The maximum Gasteiger partial charge on any atom is 0.236 e. The molecule has 0 N–H and O–H groups in total. The predicted octanol–water partition coefficient (Wildman–Crippen LogP) is 1.51. The second-order valence-corrected chi connectivity index (χ2v) is 6.67. The lowest BCUT2D eigenvalue weighted by molar-refractivity contribution is -0.146. The van der Waals surface area contributed by atoms with Crippen molar-refractivity contribution in [1.82, 2.24) is 9.80 Å². The minimum absolute atomic E-state index is 0.133. The molecule has 0 bridgehead atoms. The summed E-state index contributed by atoms with van der Waals surface area (Å²) in [6.45, 7) is 12.0. The van der Waals surface area contributed by atoms with Crippen molar-refractivity contribution in [3.63, 3.8) is 0 Å². The highest BCUT2D eigenvalue weighted by Crippen LogP contribution is 2.18. The lowest BCUT2D eigenvalue weighted by Crippen LogP contribution is -2.54. The van der Waals surface area contributed by atoms with E-state index in [2.05, 4.69) is 18.7 Å². The van der Waals surface area contributed by atoms with E-state index in [1.54, 1.807) is 0 Å². The maximum atomic E-state index is 12.6. The molecule has 0 aromatic carbocycles. The topological polar surface area (TPSA) is 42.0 Å². The molecule has 21 heavy (non-hydrogen) atoms. The van der Waals surface area contributed by atoms with E-state index in [9.17, 15) is 4.79 Å². The standard InChI is InChI=1S/C16H30N2O3/c1-12(2)18(15-5-7-20-8-6-15)11-16(19)17-9-13(3)21-14(4)10-17/h12-15H,5-11H2,1-4H3/t13-,14-/m1/s1. The van der Waals surface area contributed by atoms with Crippen molar-refractivity contribution in [2.45, 2.75) is 64.8 Å². The lowest BCUT2D eigenvalue weighted by Gasteiger charge is -2.40. The van der Waals surface area contributed by atoms with Crippen LogP contribution in [-0.4, -0.2) is 72.8 Å². The van der Waals surface area contributed by atoms with E-state index in [1.807, 2.05) is 18.7 Å². The zero-order valence-corrected chi connectivity index (χ0v) is 13.9. The van der Waals surface area contributed by atoms with Gasteiger partial charge in [0.25, 0.3) is 0 Å². The zero-order chi connectivity index (χ0) is 15.4. The van der Waals surface area contributed by atoms with E-state index in [-0.39, 0.29) is 18.1 Å². The molecule has 0 unspecified atom stereocenters. The number of carbonyl (C=O) groups is 1. The third kappa shape index (κ3) is 4.66. The van der Waals surface area contributed by atoms with E-state index in [0.717, 1.165) is 26.1 Å². The summed E-state index contributed by atoms with van der Waals surface area (Å²) in [5.41, 5.74) is 0. The van der Waals surface area contributed by atoms with Crippen molar-refractivity contribution >= 4 is 5.91 Å². The van der Waals surface area contributed by atoms with Gasteiger partial charge < -0.3 is 14.4 Å². The number of nitrogens with zero attached hydrogens (tertiary/aromatic N) is 2. The molecule has 122 valence electrons. The van der Waals surface area contributed by atoms with E-state index >= 15 is 0 Å². The molecule has 2 rings (SSSR count). The maximum absolute atomic E-state index is 12.6. The average Bonchev–Trinajstić information content (AvgIpc) is 2.44. The summed E-state index contributed by atoms with van der Waals surface area (Å²) in [7, 11) is 0. The van der Waals surface area contributed by atoms with Gasteiger partial charge in [0.05, 0.1) is 18.8 Å². The van der Waals surface area contributed by atoms with Crippen LogP contribution in [-0.2, 0) is 14.3 Å². The molecule has 2 saturated heterocycles. The molecule has 5 heteroatoms. The van der Waals surface area contributed by atoms with Gasteiger partial charge in [0, 0.05) is 38.4 Å². The Morgan fingerprint density at radius 3 is 2.29 bits per heavy atom. The van der Waals surface area contributed by atoms with Crippen LogP contribution in [0.25, 0.3) is 0 Å². The van der Waals surface area contributed by atoms with Gasteiger partial charge in [-0.05, 0) is 40.5 Å². The van der Waals surface area contributed by atoms with Crippen LogP contribution in [0.2, 0.25) is 0 Å². The Bertz CT molecular complexity index is 332. The van der Waals surface area contributed by atoms with Crippen LogP contribution < -0.4 is 0 Å². The van der Waals surface area contributed by atoms with Crippen LogP contribution in [0.3, 0.4) is 0 Å². The van der Waals surface area contributed by atoms with Gasteiger partial charge in [-0.1, -0.05) is 0 Å². The Labute approximate surface area is 128 Å². The van der Waals surface area contributed by atoms with E-state index in [0.29, 0.717) is 31.7 Å². The molecule has 1 amide bonds. The summed E-state index contributed by atoms with van der Waals surface area (Å²) in [5, 5.41) is 0. The fraction of sp³-hybridized carbons (Fsp3) is 0.938. The van der Waals surface area contributed by atoms with Crippen molar-refractivity contribution in [2.75, 3.05) is 32.8 Å². The lowest BCUT2D eigenvalue weighted by atomic mass is 10.1. The number of ether oxygens (including phenoxy) is 2. The quantitative estimate of drug-likeness (QED) is 0.789. The van der Waals surface area contributed by atoms with E-state index < -0.39 is 0 Å². The Kier molecular flexibility index (Phi) is 6.02. The van der Waals surface area contributed by atoms with Gasteiger partial charge >= 0.3 is 0 Å². The van der Waals surface area contributed by atoms with Crippen molar-refractivity contribution in [1.29, 1.82) is 0 Å². The van der Waals surface area contributed by atoms with Crippen LogP contribution in [0, 0.1) is 0 Å². The Hall–Kier alpha value is -0.650. The summed E-state index contributed by atoms with van der Waals surface area (Å²) >= 11 is 0. The van der Waals surface area contributed by atoms with Crippen LogP contribution in [0.4, 0.5) is 0 Å². The first kappa shape index (κ1) is 16.7. The fourth-order valence-electron chi connectivity index (χ4n) is 3.39. The van der Waals surface area contributed by atoms with Crippen molar-refractivity contribution in [3.8, 4) is 0 Å². The second kappa shape index (κ2) is 7.56. The molecule has 0 spiro atoms. The fourth-order valence-corrected chi connectivity index (χ4v) is 3.39. The minimum Gasteiger partial charge on any atom is -0.381 e. The molecule has 2 fully saturated rings. The van der Waals surface area contributed by atoms with Crippen molar-refractivity contribution in [3.05, 3.63) is 0 Å². The highest BCUT2D eigenvalue weighted by molar-refractivity contribution is 5.78. The van der Waals surface area contributed by atoms with Crippen molar-refractivity contribution in [2.24, 2.45) is 0 Å². The predicted molar refractivity (Wildman–Crippen MR) is 82.3 cm³/mol. The molecule has 0 radical (unpaired) electrons. The molecule has 0 aromatic rings. The Morgan fingerprint density at radius 1 is 1.19 bits per heavy atom. The molecule has 0 saturated carbocycles. The summed E-state index contributed by atoms with van der Waals surface area (Å²) < 4.78 is 11.2. The van der Waals surface area contributed by atoms with Crippen molar-refractivity contribution < 1.29 is 14.3 Å². The Morgan fingerprint density at radius 2 is 1.76 bits per heavy atom. The molecule has 2 aliphatic heterocycles. The number of hydrogen-bond acceptors (Lipinski definition) is 4. The molecular formula is C16H30N2O3. The van der Waals surface area contributed by atoms with Gasteiger partial charge in [0.15, 0.2) is 0 Å². The SMILES string of the molecule is CC(C)N(CC(=O)N1C[C@@H](C)O[C@H](C)C1)C1CCOCC1. The molecule has 2 atom stereocenters. The van der Waals surface area contributed by atoms with Crippen LogP contribution >= 0.6 is 0 Å². The molecule has 5 nitrogen and oxygen atoms in total. The average molecular weight is 298 g/mol. The number of amides is 1. The molecule has 0 aromatic heterocycles. The number of carbonyl (C=O) groups excluding carboxylic acids is 1. The number of hydrogen-bond donors (Lipinski definition) is 0. The first-order valence-corrected chi connectivity index (χ1v) is 8.24. The largest absolute Gasteiger partial charge is 0.381 e. The van der Waals surface area contributed by atoms with Gasteiger partial charge in [-0.3, -0.25) is 9.69 Å². The smallest absolute Gasteiger partial charge is 0.236 e. The Balaban J connectivity index is 1.94. The van der Waals surface area contributed by atoms with Gasteiger partial charge in [-0.15, -0.1) is 0 Å². The van der Waals surface area contributed by atoms with Crippen LogP contribution in [0.5, 0.6) is 0 Å². The normalized spacial score (nSPS) is 28.4. The van der Waals surface area contributed by atoms with E-state index in [1.165, 1.54) is 0 Å². The van der Waals surface area contributed by atoms with Gasteiger partial charge in [-0.2, -0.15) is 0 Å². The summed E-state index contributed by atoms with van der Waals surface area (Å²) in [6, 6.07) is 0.853. The summed E-state index contributed by atoms with van der Waals surface area (Å²) in [5.74, 6) is 0.234. The molecule has 0 aliphatic carbocycles. The molecule has 2 heterocycles. The van der Waals surface area contributed by atoms with Gasteiger partial charge in [0.1, 0.15) is 0 Å². The van der Waals surface area contributed by atoms with Crippen LogP contribution in [0.15, 0.2) is 0 Å². The molecular weight excluding hydrogens is 268 g/mol. The first-order valence-electron chi connectivity index (χ1n) is 8.24. The highest BCUT2D eigenvalue weighted by atomic mass is 16.5. The first-order chi connectivity index (χ1) is 9.97. The third-order valence-corrected chi connectivity index (χ3v) is 4.41. The summed E-state index contributed by atoms with van der Waals surface area (Å²) in [6.07, 6.45) is 2.32. The number of rotatable bonds is 4. The monoisotopic (exact) mass is 298 g/mol. The molecule has 2 aliphatic rings. The minimum atomic E-state index is 0.133. The number of morpholine rings is 1. The van der Waals surface area contributed by atoms with Gasteiger partial charge in [0.2, 0.25) is 5.91 Å². The van der Waals surface area contributed by atoms with Crippen LogP contribution in [0.1, 0.15) is 40.5 Å². The second-order valence-electron chi connectivity index (χ2n) is 6.67. The highest BCUT2D eigenvalue weighted by Gasteiger charge is 2.30. The third-order valence-electron chi connectivity index (χ3n) is 4.41. The van der Waals surface area contributed by atoms with E-state index in [4.69, 9.17) is 9.47 Å².